The first-order valence-electron chi connectivity index (χ1n) is 6.72. The Bertz CT molecular complexity index is 846. The summed E-state index contributed by atoms with van der Waals surface area (Å²) in [5, 5.41) is 13.3. The summed E-state index contributed by atoms with van der Waals surface area (Å²) in [4.78, 5) is 24.1. The molecule has 3 heterocycles. The third-order valence-corrected chi connectivity index (χ3v) is 3.06. The minimum Gasteiger partial charge on any atom is -0.459 e. The number of nitrogens with one attached hydrogen (secondary N) is 2. The standard InChI is InChI=1S/C14H14N6O3/c1-19-8-9(7-15-19)16-13(21)10-6-12(20(2)18-10)17-14(22)11-4-3-5-23-11/h3-8H,1-2H3,(H,16,21)(H,17,22). The number of hydrogen-bond donors (Lipinski definition) is 2. The van der Waals surface area contributed by atoms with Crippen molar-refractivity contribution < 1.29 is 14.0 Å². The minimum absolute atomic E-state index is 0.172. The number of nitrogens with zero attached hydrogens (tertiary/aromatic N) is 4. The zero-order chi connectivity index (χ0) is 16.4. The van der Waals surface area contributed by atoms with E-state index >= 15 is 0 Å². The number of aryl methyl sites for hydroxylation is 2. The Kier molecular flexibility index (Phi) is 3.67. The van der Waals surface area contributed by atoms with E-state index in [0.29, 0.717) is 11.5 Å². The van der Waals surface area contributed by atoms with E-state index in [9.17, 15) is 9.59 Å². The largest absolute Gasteiger partial charge is 0.459 e. The normalized spacial score (nSPS) is 10.5. The molecule has 0 spiro atoms. The molecular formula is C14H14N6O3. The molecular weight excluding hydrogens is 300 g/mol. The van der Waals surface area contributed by atoms with Crippen LogP contribution in [-0.2, 0) is 14.1 Å². The van der Waals surface area contributed by atoms with Crippen LogP contribution in [0.5, 0.6) is 0 Å². The van der Waals surface area contributed by atoms with Gasteiger partial charge in [0.15, 0.2) is 11.5 Å². The molecule has 2 amide bonds. The quantitative estimate of drug-likeness (QED) is 0.753. The van der Waals surface area contributed by atoms with E-state index in [-0.39, 0.29) is 11.5 Å². The summed E-state index contributed by atoms with van der Waals surface area (Å²) in [5.41, 5.74) is 0.732. The average molecular weight is 314 g/mol. The van der Waals surface area contributed by atoms with Crippen molar-refractivity contribution in [3.05, 3.63) is 48.3 Å². The molecule has 0 aromatic carbocycles. The Morgan fingerprint density at radius 3 is 2.70 bits per heavy atom. The van der Waals surface area contributed by atoms with E-state index in [1.807, 2.05) is 0 Å². The van der Waals surface area contributed by atoms with Gasteiger partial charge >= 0.3 is 0 Å². The molecule has 0 aliphatic heterocycles. The number of furan rings is 1. The lowest BCUT2D eigenvalue weighted by atomic mass is 10.3. The van der Waals surface area contributed by atoms with Crippen molar-refractivity contribution in [1.29, 1.82) is 0 Å². The van der Waals surface area contributed by atoms with Crippen molar-refractivity contribution in [2.24, 2.45) is 14.1 Å². The van der Waals surface area contributed by atoms with Crippen LogP contribution in [0.4, 0.5) is 11.5 Å². The van der Waals surface area contributed by atoms with Gasteiger partial charge in [-0.1, -0.05) is 0 Å². The Balaban J connectivity index is 1.72. The molecule has 9 nitrogen and oxygen atoms in total. The van der Waals surface area contributed by atoms with Crippen LogP contribution in [0.1, 0.15) is 21.0 Å². The van der Waals surface area contributed by atoms with Gasteiger partial charge < -0.3 is 15.1 Å². The van der Waals surface area contributed by atoms with Crippen molar-refractivity contribution in [2.45, 2.75) is 0 Å². The first kappa shape index (κ1) is 14.6. The molecule has 23 heavy (non-hydrogen) atoms. The maximum atomic E-state index is 12.1. The number of carbonyl (C=O) groups excluding carboxylic acids is 2. The van der Waals surface area contributed by atoms with Crippen molar-refractivity contribution in [2.75, 3.05) is 10.6 Å². The monoisotopic (exact) mass is 314 g/mol. The molecule has 0 radical (unpaired) electrons. The van der Waals surface area contributed by atoms with E-state index in [0.717, 1.165) is 0 Å². The molecule has 0 fully saturated rings. The minimum atomic E-state index is -0.419. The highest BCUT2D eigenvalue weighted by atomic mass is 16.3. The first-order valence-corrected chi connectivity index (χ1v) is 6.72. The lowest BCUT2D eigenvalue weighted by Gasteiger charge is -2.01. The van der Waals surface area contributed by atoms with Crippen molar-refractivity contribution >= 4 is 23.3 Å². The van der Waals surface area contributed by atoms with Gasteiger partial charge in [-0.25, -0.2) is 0 Å². The zero-order valence-electron chi connectivity index (χ0n) is 12.5. The van der Waals surface area contributed by atoms with Crippen LogP contribution >= 0.6 is 0 Å². The predicted molar refractivity (Wildman–Crippen MR) is 81.0 cm³/mol. The molecule has 9 heteroatoms. The zero-order valence-corrected chi connectivity index (χ0v) is 12.5. The Hall–Kier alpha value is -3.36. The van der Waals surface area contributed by atoms with Gasteiger partial charge in [0.1, 0.15) is 5.82 Å². The van der Waals surface area contributed by atoms with Gasteiger partial charge in [0.05, 0.1) is 18.1 Å². The Morgan fingerprint density at radius 1 is 1.22 bits per heavy atom. The van der Waals surface area contributed by atoms with Crippen LogP contribution in [0.15, 0.2) is 41.3 Å². The van der Waals surface area contributed by atoms with Crippen LogP contribution in [-0.4, -0.2) is 31.4 Å². The van der Waals surface area contributed by atoms with Crippen LogP contribution in [0.2, 0.25) is 0 Å². The van der Waals surface area contributed by atoms with Crippen molar-refractivity contribution in [1.82, 2.24) is 19.6 Å². The van der Waals surface area contributed by atoms with Gasteiger partial charge in [-0.15, -0.1) is 0 Å². The third kappa shape index (κ3) is 3.12. The molecule has 2 N–H and O–H groups in total. The highest BCUT2D eigenvalue weighted by molar-refractivity contribution is 6.05. The molecule has 0 saturated carbocycles. The number of anilines is 2. The van der Waals surface area contributed by atoms with Crippen LogP contribution in [0, 0.1) is 0 Å². The van der Waals surface area contributed by atoms with Gasteiger partial charge in [-0.05, 0) is 12.1 Å². The molecule has 3 aromatic heterocycles. The second-order valence-corrected chi connectivity index (χ2v) is 4.83. The fourth-order valence-electron chi connectivity index (χ4n) is 1.96. The lowest BCUT2D eigenvalue weighted by Crippen LogP contribution is -2.13. The summed E-state index contributed by atoms with van der Waals surface area (Å²) in [5.74, 6) is -0.264. The topological polar surface area (TPSA) is 107 Å². The summed E-state index contributed by atoms with van der Waals surface area (Å²) in [6.07, 6.45) is 4.60. The van der Waals surface area contributed by atoms with Gasteiger partial charge in [0.2, 0.25) is 0 Å². The maximum absolute atomic E-state index is 12.1. The summed E-state index contributed by atoms with van der Waals surface area (Å²) in [6, 6.07) is 4.64. The smallest absolute Gasteiger partial charge is 0.292 e. The van der Waals surface area contributed by atoms with Gasteiger partial charge in [0.25, 0.3) is 11.8 Å². The maximum Gasteiger partial charge on any atom is 0.292 e. The number of rotatable bonds is 4. The Labute approximate surface area is 130 Å². The second kappa shape index (κ2) is 5.79. The average Bonchev–Trinajstić information content (AvgIpc) is 3.22. The van der Waals surface area contributed by atoms with Crippen LogP contribution < -0.4 is 10.6 Å². The predicted octanol–water partition coefficient (Wildman–Crippen LogP) is 1.25. The molecule has 0 saturated heterocycles. The van der Waals surface area contributed by atoms with Gasteiger partial charge in [-0.2, -0.15) is 10.2 Å². The molecule has 3 aromatic rings. The molecule has 118 valence electrons. The number of amides is 2. The van der Waals surface area contributed by atoms with Gasteiger partial charge in [-0.3, -0.25) is 19.0 Å². The Morgan fingerprint density at radius 2 is 2.04 bits per heavy atom. The fourth-order valence-corrected chi connectivity index (χ4v) is 1.96. The van der Waals surface area contributed by atoms with E-state index < -0.39 is 11.8 Å². The summed E-state index contributed by atoms with van der Waals surface area (Å²) in [7, 11) is 3.37. The van der Waals surface area contributed by atoms with Crippen molar-refractivity contribution in [3.8, 4) is 0 Å². The lowest BCUT2D eigenvalue weighted by molar-refractivity contribution is 0.0993. The number of hydrogen-bond acceptors (Lipinski definition) is 5. The van der Waals surface area contributed by atoms with Crippen LogP contribution in [0.25, 0.3) is 0 Å². The summed E-state index contributed by atoms with van der Waals surface area (Å²) >= 11 is 0. The number of aromatic nitrogens is 4. The van der Waals surface area contributed by atoms with E-state index in [1.54, 1.807) is 37.1 Å². The SMILES string of the molecule is Cn1cc(NC(=O)c2cc(NC(=O)c3ccco3)n(C)n2)cn1. The van der Waals surface area contributed by atoms with Crippen molar-refractivity contribution in [3.63, 3.8) is 0 Å². The highest BCUT2D eigenvalue weighted by Gasteiger charge is 2.16. The van der Waals surface area contributed by atoms with E-state index in [2.05, 4.69) is 20.8 Å². The summed E-state index contributed by atoms with van der Waals surface area (Å²) < 4.78 is 7.99. The van der Waals surface area contributed by atoms with Gasteiger partial charge in [0, 0.05) is 26.4 Å². The molecule has 0 aliphatic carbocycles. The van der Waals surface area contributed by atoms with E-state index in [1.165, 1.54) is 23.2 Å². The molecule has 0 atom stereocenters. The molecule has 3 rings (SSSR count). The third-order valence-electron chi connectivity index (χ3n) is 3.06. The highest BCUT2D eigenvalue weighted by Crippen LogP contribution is 2.13. The van der Waals surface area contributed by atoms with Crippen LogP contribution in [0.3, 0.4) is 0 Å². The second-order valence-electron chi connectivity index (χ2n) is 4.83. The first-order chi connectivity index (χ1) is 11.0. The molecule has 0 bridgehead atoms. The number of carbonyl (C=O) groups is 2. The summed E-state index contributed by atoms with van der Waals surface area (Å²) in [6.45, 7) is 0. The fraction of sp³-hybridized carbons (Fsp3) is 0.143. The molecule has 0 unspecified atom stereocenters. The molecule has 0 aliphatic rings. The van der Waals surface area contributed by atoms with E-state index in [4.69, 9.17) is 4.42 Å².